The van der Waals surface area contributed by atoms with Crippen LogP contribution in [0.25, 0.3) is 0 Å². The average Bonchev–Trinajstić information content (AvgIpc) is 2.74. The number of nitrogens with two attached hydrogens (primary N) is 1. The van der Waals surface area contributed by atoms with Gasteiger partial charge in [0.1, 0.15) is 11.2 Å². The van der Waals surface area contributed by atoms with Gasteiger partial charge in [-0.25, -0.2) is 9.17 Å². The molecule has 1 amide bonds. The smallest absolute Gasteiger partial charge is 0.410 e. The second-order valence-corrected chi connectivity index (χ2v) is 6.70. The van der Waals surface area contributed by atoms with Crippen LogP contribution in [0.5, 0.6) is 0 Å². The highest BCUT2D eigenvalue weighted by Gasteiger charge is 2.50. The van der Waals surface area contributed by atoms with Crippen molar-refractivity contribution in [3.63, 3.8) is 0 Å². The lowest BCUT2D eigenvalue weighted by Crippen LogP contribution is -2.68. The molecular weight excluding hydrogens is 266 g/mol. The van der Waals surface area contributed by atoms with Crippen molar-refractivity contribution in [3.8, 4) is 0 Å². The molecule has 2 heterocycles. The highest BCUT2D eigenvalue weighted by atomic mass is 32.1. The Bertz CT molecular complexity index is 449. The zero-order valence-electron chi connectivity index (χ0n) is 11.3. The lowest BCUT2D eigenvalue weighted by atomic mass is 9.86. The van der Waals surface area contributed by atoms with Crippen LogP contribution in [-0.2, 0) is 4.74 Å². The van der Waals surface area contributed by atoms with Crippen LogP contribution in [0.1, 0.15) is 31.7 Å². The van der Waals surface area contributed by atoms with Gasteiger partial charge >= 0.3 is 6.09 Å². The average molecular weight is 285 g/mol. The molecule has 0 bridgehead atoms. The van der Waals surface area contributed by atoms with Gasteiger partial charge in [-0.1, -0.05) is 0 Å². The number of rotatable bonds is 2. The molecule has 0 aromatic carbocycles. The second-order valence-electron chi connectivity index (χ2n) is 5.83. The van der Waals surface area contributed by atoms with E-state index in [1.807, 2.05) is 0 Å². The van der Waals surface area contributed by atoms with Gasteiger partial charge < -0.3 is 20.5 Å². The summed E-state index contributed by atoms with van der Waals surface area (Å²) in [6.45, 7) is 5.78. The molecule has 1 aromatic heterocycles. The first-order valence-electron chi connectivity index (χ1n) is 6.08. The van der Waals surface area contributed by atoms with E-state index in [4.69, 9.17) is 10.5 Å². The highest BCUT2D eigenvalue weighted by molar-refractivity contribution is 7.05. The molecule has 7 heteroatoms. The van der Waals surface area contributed by atoms with Gasteiger partial charge in [0.15, 0.2) is 0 Å². The predicted molar refractivity (Wildman–Crippen MR) is 71.8 cm³/mol. The van der Waals surface area contributed by atoms with E-state index < -0.39 is 23.3 Å². The number of likely N-dealkylation sites (tertiary alicyclic amines) is 1. The Hall–Kier alpha value is -1.18. The van der Waals surface area contributed by atoms with E-state index in [0.29, 0.717) is 0 Å². The van der Waals surface area contributed by atoms with Crippen LogP contribution in [0.15, 0.2) is 12.3 Å². The van der Waals surface area contributed by atoms with Crippen LogP contribution < -0.4 is 5.73 Å². The predicted octanol–water partition coefficient (Wildman–Crippen LogP) is 1.12. The molecule has 1 aromatic rings. The van der Waals surface area contributed by atoms with E-state index in [9.17, 15) is 9.90 Å². The molecule has 3 N–H and O–H groups in total. The first-order valence-corrected chi connectivity index (χ1v) is 6.85. The minimum Gasteiger partial charge on any atom is -0.444 e. The Kier molecular flexibility index (Phi) is 3.55. The first kappa shape index (κ1) is 14.2. The summed E-state index contributed by atoms with van der Waals surface area (Å²) in [5.74, 6) is 0. The number of carbonyl (C=O) groups is 1. The molecule has 1 saturated heterocycles. The van der Waals surface area contributed by atoms with Crippen molar-refractivity contribution in [1.82, 2.24) is 9.27 Å². The maximum atomic E-state index is 11.8. The fourth-order valence-corrected chi connectivity index (χ4v) is 2.62. The molecular formula is C12H19N3O3S. The summed E-state index contributed by atoms with van der Waals surface area (Å²) in [5.41, 5.74) is 4.38. The number of carbonyl (C=O) groups excluding carboxylic acids is 1. The minimum atomic E-state index is -1.09. The molecule has 106 valence electrons. The van der Waals surface area contributed by atoms with Crippen LogP contribution in [0, 0.1) is 0 Å². The molecule has 0 aliphatic carbocycles. The number of hydrogen-bond acceptors (Lipinski definition) is 6. The molecule has 1 aliphatic rings. The molecule has 0 saturated carbocycles. The van der Waals surface area contributed by atoms with E-state index >= 15 is 0 Å². The highest BCUT2D eigenvalue weighted by Crippen LogP contribution is 2.34. The maximum Gasteiger partial charge on any atom is 0.410 e. The minimum absolute atomic E-state index is 0.182. The van der Waals surface area contributed by atoms with Gasteiger partial charge in [-0.2, -0.15) is 0 Å². The van der Waals surface area contributed by atoms with Gasteiger partial charge in [-0.05, 0) is 38.4 Å². The number of hydrogen-bond donors (Lipinski definition) is 2. The van der Waals surface area contributed by atoms with E-state index in [1.54, 1.807) is 33.0 Å². The van der Waals surface area contributed by atoms with Crippen molar-refractivity contribution in [2.75, 3.05) is 13.1 Å². The van der Waals surface area contributed by atoms with Gasteiger partial charge in [-0.3, -0.25) is 0 Å². The Labute approximate surface area is 116 Å². The number of ether oxygens (including phenoxy) is 1. The number of β-amino-alcohol motifs (C(OH)–C–C–N with tert-alkyl or cyclic N) is 1. The van der Waals surface area contributed by atoms with Crippen LogP contribution in [0.3, 0.4) is 0 Å². The summed E-state index contributed by atoms with van der Waals surface area (Å²) in [6.07, 6.45) is 1.22. The fraction of sp³-hybridized carbons (Fsp3) is 0.667. The third kappa shape index (κ3) is 3.05. The van der Waals surface area contributed by atoms with Crippen molar-refractivity contribution in [2.45, 2.75) is 38.0 Å². The molecule has 1 unspecified atom stereocenters. The van der Waals surface area contributed by atoms with E-state index in [2.05, 4.69) is 4.37 Å². The number of aliphatic hydroxyl groups is 1. The van der Waals surface area contributed by atoms with Crippen molar-refractivity contribution in [3.05, 3.63) is 17.1 Å². The van der Waals surface area contributed by atoms with Gasteiger partial charge in [-0.15, -0.1) is 0 Å². The lowest BCUT2D eigenvalue weighted by molar-refractivity contribution is -0.112. The van der Waals surface area contributed by atoms with Crippen LogP contribution in [-0.4, -0.2) is 44.8 Å². The molecule has 1 aliphatic heterocycles. The van der Waals surface area contributed by atoms with E-state index in [-0.39, 0.29) is 13.1 Å². The summed E-state index contributed by atoms with van der Waals surface area (Å²) >= 11 is 1.26. The quantitative estimate of drug-likeness (QED) is 0.850. The number of amides is 1. The lowest BCUT2D eigenvalue weighted by Gasteiger charge is -2.48. The van der Waals surface area contributed by atoms with Crippen molar-refractivity contribution in [2.24, 2.45) is 5.73 Å². The monoisotopic (exact) mass is 285 g/mol. The molecule has 0 radical (unpaired) electrons. The van der Waals surface area contributed by atoms with Crippen molar-refractivity contribution < 1.29 is 14.6 Å². The summed E-state index contributed by atoms with van der Waals surface area (Å²) in [7, 11) is 0. The van der Waals surface area contributed by atoms with Crippen LogP contribution >= 0.6 is 11.5 Å². The van der Waals surface area contributed by atoms with Gasteiger partial charge in [0.25, 0.3) is 0 Å². The Balaban J connectivity index is 1.93. The Morgan fingerprint density at radius 3 is 2.74 bits per heavy atom. The second kappa shape index (κ2) is 4.73. The van der Waals surface area contributed by atoms with Gasteiger partial charge in [0.05, 0.1) is 19.1 Å². The summed E-state index contributed by atoms with van der Waals surface area (Å²) in [6, 6.07) is 1.25. The molecule has 0 spiro atoms. The van der Waals surface area contributed by atoms with Crippen molar-refractivity contribution in [1.29, 1.82) is 0 Å². The molecule has 2 rings (SSSR count). The Morgan fingerprint density at radius 1 is 1.63 bits per heavy atom. The molecule has 1 fully saturated rings. The van der Waals surface area contributed by atoms with Crippen LogP contribution in [0.4, 0.5) is 4.79 Å². The summed E-state index contributed by atoms with van der Waals surface area (Å²) in [4.78, 5) is 14.0. The third-order valence-corrected chi connectivity index (χ3v) is 3.75. The van der Waals surface area contributed by atoms with Crippen LogP contribution in [0.2, 0.25) is 0 Å². The first-order chi connectivity index (χ1) is 8.71. The summed E-state index contributed by atoms with van der Waals surface area (Å²) in [5, 5.41) is 10.4. The van der Waals surface area contributed by atoms with E-state index in [0.717, 1.165) is 4.88 Å². The zero-order valence-corrected chi connectivity index (χ0v) is 12.1. The Morgan fingerprint density at radius 2 is 2.26 bits per heavy atom. The standard InChI is InChI=1S/C12H19N3O3S/c1-11(2,3)18-10(16)15-6-12(17,7-15)9(13)8-4-5-14-19-8/h4-5,9,17H,6-7,13H2,1-3H3. The SMILES string of the molecule is CC(C)(C)OC(=O)N1CC(O)(C(N)c2ccns2)C1. The molecule has 19 heavy (non-hydrogen) atoms. The largest absolute Gasteiger partial charge is 0.444 e. The molecule has 1 atom stereocenters. The number of aromatic nitrogens is 1. The molecule has 6 nitrogen and oxygen atoms in total. The van der Waals surface area contributed by atoms with Gasteiger partial charge in [0.2, 0.25) is 0 Å². The third-order valence-electron chi connectivity index (χ3n) is 2.92. The normalized spacial score (nSPS) is 19.7. The fourth-order valence-electron chi connectivity index (χ4n) is 1.92. The van der Waals surface area contributed by atoms with E-state index in [1.165, 1.54) is 16.4 Å². The topological polar surface area (TPSA) is 88.7 Å². The maximum absolute atomic E-state index is 11.8. The summed E-state index contributed by atoms with van der Waals surface area (Å²) < 4.78 is 9.19. The van der Waals surface area contributed by atoms with Crippen molar-refractivity contribution >= 4 is 17.6 Å². The number of nitrogens with zero attached hydrogens (tertiary/aromatic N) is 2. The zero-order chi connectivity index (χ0) is 14.3. The van der Waals surface area contributed by atoms with Gasteiger partial charge in [0, 0.05) is 11.1 Å².